The third kappa shape index (κ3) is 4.93. The standard InChI is InChI=1S/C18H30F3N3O5/c1-9(2)11(13(25)18(19,20)21)17(15(22)27)7-6-8-24(17)14(26)12(10(3)4)23-16(28)29-5/h9-13,25H,6-8H2,1-5H3,(H2,22,27)(H,23,28)/t11-,12+,13-,17+/m1/s1. The fourth-order valence-corrected chi connectivity index (χ4v) is 4.16. The number of hydrogen-bond acceptors (Lipinski definition) is 5. The Bertz CT molecular complexity index is 626. The molecular weight excluding hydrogens is 395 g/mol. The van der Waals surface area contributed by atoms with Crippen LogP contribution in [0.25, 0.3) is 0 Å². The van der Waals surface area contributed by atoms with E-state index in [9.17, 15) is 32.7 Å². The van der Waals surface area contributed by atoms with Gasteiger partial charge in [-0.2, -0.15) is 13.2 Å². The number of nitrogens with one attached hydrogen (secondary N) is 1. The minimum atomic E-state index is -5.00. The number of carbonyl (C=O) groups is 3. The van der Waals surface area contributed by atoms with Crippen molar-refractivity contribution in [2.45, 2.75) is 64.4 Å². The molecule has 0 radical (unpaired) electrons. The maximum absolute atomic E-state index is 13.4. The number of primary amides is 1. The number of aliphatic hydroxyl groups is 1. The lowest BCUT2D eigenvalue weighted by Crippen LogP contribution is -2.68. The van der Waals surface area contributed by atoms with Gasteiger partial charge in [0.1, 0.15) is 11.6 Å². The summed E-state index contributed by atoms with van der Waals surface area (Å²) in [6.45, 7) is 6.09. The number of aliphatic hydroxyl groups excluding tert-OH is 1. The number of rotatable bonds is 7. The highest BCUT2D eigenvalue weighted by molar-refractivity contribution is 5.94. The van der Waals surface area contributed by atoms with Gasteiger partial charge < -0.3 is 25.8 Å². The summed E-state index contributed by atoms with van der Waals surface area (Å²) in [5.74, 6) is -4.80. The zero-order chi connectivity index (χ0) is 22.7. The zero-order valence-electron chi connectivity index (χ0n) is 17.2. The summed E-state index contributed by atoms with van der Waals surface area (Å²) in [4.78, 5) is 38.4. The highest BCUT2D eigenvalue weighted by Crippen LogP contribution is 2.45. The Kier molecular flexibility index (Phi) is 7.92. The van der Waals surface area contributed by atoms with Crippen LogP contribution in [-0.2, 0) is 14.3 Å². The maximum atomic E-state index is 13.4. The lowest BCUT2D eigenvalue weighted by molar-refractivity contribution is -0.236. The smallest absolute Gasteiger partial charge is 0.414 e. The molecular formula is C18H30F3N3O5. The predicted molar refractivity (Wildman–Crippen MR) is 97.4 cm³/mol. The highest BCUT2D eigenvalue weighted by Gasteiger charge is 2.61. The minimum Gasteiger partial charge on any atom is -0.453 e. The number of methoxy groups -OCH3 is 1. The van der Waals surface area contributed by atoms with Gasteiger partial charge in [-0.3, -0.25) is 9.59 Å². The highest BCUT2D eigenvalue weighted by atomic mass is 19.4. The van der Waals surface area contributed by atoms with Crippen molar-refractivity contribution in [3.63, 3.8) is 0 Å². The van der Waals surface area contributed by atoms with Crippen LogP contribution in [0.3, 0.4) is 0 Å². The number of ether oxygens (including phenoxy) is 1. The van der Waals surface area contributed by atoms with E-state index in [1.54, 1.807) is 13.8 Å². The fraction of sp³-hybridized carbons (Fsp3) is 0.833. The van der Waals surface area contributed by atoms with E-state index in [1.165, 1.54) is 13.8 Å². The van der Waals surface area contributed by atoms with Crippen molar-refractivity contribution in [1.29, 1.82) is 0 Å². The fourth-order valence-electron chi connectivity index (χ4n) is 4.16. The summed E-state index contributed by atoms with van der Waals surface area (Å²) in [7, 11) is 1.11. The monoisotopic (exact) mass is 425 g/mol. The average molecular weight is 425 g/mol. The average Bonchev–Trinajstić information content (AvgIpc) is 3.03. The second-order valence-corrected chi connectivity index (χ2v) is 8.00. The van der Waals surface area contributed by atoms with Gasteiger partial charge in [-0.25, -0.2) is 4.79 Å². The van der Waals surface area contributed by atoms with Crippen molar-refractivity contribution < 1.29 is 37.4 Å². The lowest BCUT2D eigenvalue weighted by atomic mass is 9.71. The van der Waals surface area contributed by atoms with Crippen molar-refractivity contribution in [3.05, 3.63) is 0 Å². The normalized spacial score (nSPS) is 23.1. The third-order valence-electron chi connectivity index (χ3n) is 5.45. The summed E-state index contributed by atoms with van der Waals surface area (Å²) in [6.07, 6.45) is -8.64. The molecule has 1 aliphatic heterocycles. The van der Waals surface area contributed by atoms with E-state index in [-0.39, 0.29) is 19.4 Å². The van der Waals surface area contributed by atoms with Gasteiger partial charge in [0.2, 0.25) is 11.8 Å². The Morgan fingerprint density at radius 2 is 1.72 bits per heavy atom. The molecule has 168 valence electrons. The Balaban J connectivity index is 3.49. The van der Waals surface area contributed by atoms with Crippen LogP contribution in [0.4, 0.5) is 18.0 Å². The van der Waals surface area contributed by atoms with Gasteiger partial charge in [0.05, 0.1) is 7.11 Å². The van der Waals surface area contributed by atoms with Gasteiger partial charge in [-0.05, 0) is 24.7 Å². The van der Waals surface area contributed by atoms with Gasteiger partial charge in [0.25, 0.3) is 0 Å². The van der Waals surface area contributed by atoms with E-state index in [0.29, 0.717) is 0 Å². The van der Waals surface area contributed by atoms with Crippen LogP contribution in [0.2, 0.25) is 0 Å². The first kappa shape index (κ1) is 25.0. The third-order valence-corrected chi connectivity index (χ3v) is 5.45. The van der Waals surface area contributed by atoms with Crippen LogP contribution < -0.4 is 11.1 Å². The van der Waals surface area contributed by atoms with Crippen molar-refractivity contribution in [3.8, 4) is 0 Å². The molecule has 0 aromatic heterocycles. The molecule has 1 fully saturated rings. The Morgan fingerprint density at radius 3 is 2.10 bits per heavy atom. The van der Waals surface area contributed by atoms with E-state index in [2.05, 4.69) is 10.1 Å². The SMILES string of the molecule is COC(=O)N[C@H](C(=O)N1CCC[C@@]1(C(N)=O)[C@H](C(C)C)[C@@H](O)C(F)(F)F)C(C)C. The van der Waals surface area contributed by atoms with E-state index < -0.39 is 59.5 Å². The number of nitrogens with zero attached hydrogens (tertiary/aromatic N) is 1. The molecule has 0 saturated carbocycles. The molecule has 4 atom stereocenters. The molecule has 0 spiro atoms. The summed E-state index contributed by atoms with van der Waals surface area (Å²) in [5, 5.41) is 12.4. The second kappa shape index (κ2) is 9.19. The summed E-state index contributed by atoms with van der Waals surface area (Å²) < 4.78 is 44.7. The van der Waals surface area contributed by atoms with Crippen LogP contribution in [0.1, 0.15) is 40.5 Å². The summed E-state index contributed by atoms with van der Waals surface area (Å²) in [5.41, 5.74) is 3.52. The first-order valence-electron chi connectivity index (χ1n) is 9.42. The predicted octanol–water partition coefficient (Wildman–Crippen LogP) is 1.41. The van der Waals surface area contributed by atoms with Crippen molar-refractivity contribution >= 4 is 17.9 Å². The molecule has 8 nitrogen and oxygen atoms in total. The Morgan fingerprint density at radius 1 is 1.17 bits per heavy atom. The molecule has 29 heavy (non-hydrogen) atoms. The van der Waals surface area contributed by atoms with Crippen molar-refractivity contribution in [1.82, 2.24) is 10.2 Å². The Hall–Kier alpha value is -2.04. The quantitative estimate of drug-likeness (QED) is 0.569. The molecule has 3 amide bonds. The zero-order valence-corrected chi connectivity index (χ0v) is 17.2. The van der Waals surface area contributed by atoms with Crippen LogP contribution in [0.15, 0.2) is 0 Å². The van der Waals surface area contributed by atoms with Crippen molar-refractivity contribution in [2.24, 2.45) is 23.5 Å². The number of alkyl halides is 3. The maximum Gasteiger partial charge on any atom is 0.414 e. The molecule has 1 heterocycles. The number of hydrogen-bond donors (Lipinski definition) is 3. The van der Waals surface area contributed by atoms with E-state index in [4.69, 9.17) is 5.73 Å². The van der Waals surface area contributed by atoms with Crippen LogP contribution >= 0.6 is 0 Å². The summed E-state index contributed by atoms with van der Waals surface area (Å²) >= 11 is 0. The number of amides is 3. The molecule has 0 aromatic rings. The number of alkyl carbamates (subject to hydrolysis) is 1. The topological polar surface area (TPSA) is 122 Å². The molecule has 1 saturated heterocycles. The number of halogens is 3. The van der Waals surface area contributed by atoms with Crippen molar-refractivity contribution in [2.75, 3.05) is 13.7 Å². The number of nitrogens with two attached hydrogens (primary N) is 1. The second-order valence-electron chi connectivity index (χ2n) is 8.00. The molecule has 4 N–H and O–H groups in total. The summed E-state index contributed by atoms with van der Waals surface area (Å²) in [6, 6.07) is -1.14. The molecule has 1 rings (SSSR count). The molecule has 0 aromatic carbocycles. The molecule has 11 heteroatoms. The molecule has 1 aliphatic rings. The first-order valence-corrected chi connectivity index (χ1v) is 9.42. The van der Waals surface area contributed by atoms with Gasteiger partial charge in [0, 0.05) is 12.5 Å². The molecule has 0 bridgehead atoms. The van der Waals surface area contributed by atoms with Crippen LogP contribution in [0, 0.1) is 17.8 Å². The van der Waals surface area contributed by atoms with Gasteiger partial charge in [0.15, 0.2) is 6.10 Å². The van der Waals surface area contributed by atoms with Crippen LogP contribution in [-0.4, -0.2) is 65.4 Å². The Labute approximate surface area is 167 Å². The van der Waals surface area contributed by atoms with E-state index in [1.807, 2.05) is 0 Å². The number of carbonyl (C=O) groups excluding carboxylic acids is 3. The largest absolute Gasteiger partial charge is 0.453 e. The van der Waals surface area contributed by atoms with E-state index in [0.717, 1.165) is 12.0 Å². The van der Waals surface area contributed by atoms with Gasteiger partial charge >= 0.3 is 12.3 Å². The van der Waals surface area contributed by atoms with Gasteiger partial charge in [-0.1, -0.05) is 27.7 Å². The molecule has 0 aliphatic carbocycles. The first-order chi connectivity index (χ1) is 13.2. The number of likely N-dealkylation sites (tertiary alicyclic amines) is 1. The van der Waals surface area contributed by atoms with Gasteiger partial charge in [-0.15, -0.1) is 0 Å². The minimum absolute atomic E-state index is 0.0261. The molecule has 0 unspecified atom stereocenters. The van der Waals surface area contributed by atoms with Crippen LogP contribution in [0.5, 0.6) is 0 Å². The van der Waals surface area contributed by atoms with E-state index >= 15 is 0 Å². The lowest BCUT2D eigenvalue weighted by Gasteiger charge is -2.47.